The molecule has 1 aliphatic heterocycles. The van der Waals surface area contributed by atoms with Gasteiger partial charge >= 0.3 is 6.03 Å². The molecule has 35 heavy (non-hydrogen) atoms. The zero-order valence-corrected chi connectivity index (χ0v) is 19.9. The van der Waals surface area contributed by atoms with Crippen molar-refractivity contribution in [1.82, 2.24) is 15.6 Å². The lowest BCUT2D eigenvalue weighted by molar-refractivity contribution is -0.122. The molecule has 2 aliphatic rings. The van der Waals surface area contributed by atoms with E-state index in [0.29, 0.717) is 22.8 Å². The van der Waals surface area contributed by atoms with Crippen molar-refractivity contribution in [2.24, 2.45) is 5.10 Å². The van der Waals surface area contributed by atoms with Gasteiger partial charge in [0, 0.05) is 41.5 Å². The third-order valence-corrected chi connectivity index (χ3v) is 5.96. The van der Waals surface area contributed by atoms with Crippen LogP contribution in [0.15, 0.2) is 77.6 Å². The topological polar surface area (TPSA) is 85.8 Å². The fourth-order valence-corrected chi connectivity index (χ4v) is 4.03. The first-order valence-corrected chi connectivity index (χ1v) is 11.9. The van der Waals surface area contributed by atoms with Gasteiger partial charge in [0.05, 0.1) is 5.71 Å². The van der Waals surface area contributed by atoms with E-state index in [1.807, 2.05) is 12.2 Å². The highest BCUT2D eigenvalue weighted by atomic mass is 35.5. The Hall–Kier alpha value is -3.65. The number of piperidine rings is 1. The van der Waals surface area contributed by atoms with E-state index in [-0.39, 0.29) is 5.56 Å². The van der Waals surface area contributed by atoms with E-state index >= 15 is 0 Å². The second kappa shape index (κ2) is 11.7. The van der Waals surface area contributed by atoms with E-state index in [1.165, 1.54) is 24.6 Å². The van der Waals surface area contributed by atoms with Crippen LogP contribution >= 0.6 is 11.6 Å². The molecule has 1 atom stereocenters. The van der Waals surface area contributed by atoms with E-state index in [2.05, 4.69) is 26.1 Å². The van der Waals surface area contributed by atoms with Crippen LogP contribution in [0.1, 0.15) is 37.3 Å². The predicted molar refractivity (Wildman–Crippen MR) is 136 cm³/mol. The molecule has 9 heteroatoms. The number of nitrogens with one attached hydrogen (secondary N) is 3. The van der Waals surface area contributed by atoms with Gasteiger partial charge < -0.3 is 16.0 Å². The first kappa shape index (κ1) is 24.5. The molecule has 0 aromatic heterocycles. The normalized spacial score (nSPS) is 17.5. The summed E-state index contributed by atoms with van der Waals surface area (Å²) in [5.41, 5.74) is 2.02. The molecule has 3 amide bonds. The predicted octanol–water partition coefficient (Wildman–Crippen LogP) is 5.14. The SMILES string of the molecule is O=C(Nc1ccc(Cl)cc1)NC(C(=O)NC1=CCC(=NN2CCCCC2)C=C1)c1ccccc1F. The fourth-order valence-electron chi connectivity index (χ4n) is 3.90. The van der Waals surface area contributed by atoms with Gasteiger partial charge in [-0.05, 0) is 61.7 Å². The Morgan fingerprint density at radius 2 is 1.71 bits per heavy atom. The number of anilines is 1. The van der Waals surface area contributed by atoms with E-state index in [0.717, 1.165) is 31.6 Å². The second-order valence-electron chi connectivity index (χ2n) is 8.35. The van der Waals surface area contributed by atoms with Gasteiger partial charge in [0.25, 0.3) is 5.91 Å². The van der Waals surface area contributed by atoms with Gasteiger partial charge in [-0.2, -0.15) is 5.10 Å². The van der Waals surface area contributed by atoms with Gasteiger partial charge in [-0.3, -0.25) is 9.80 Å². The smallest absolute Gasteiger partial charge is 0.320 e. The standard InChI is InChI=1S/C26H27ClFN5O2/c27-18-8-10-20(11-9-18)30-26(35)31-24(22-6-2-3-7-23(22)28)25(34)29-19-12-14-21(15-13-19)32-33-16-4-1-5-17-33/h2-3,6-14,24H,1,4-5,15-17H2,(H,29,34)(H2,30,31,35). The molecule has 2 aromatic rings. The molecule has 3 N–H and O–H groups in total. The highest BCUT2D eigenvalue weighted by molar-refractivity contribution is 6.30. The molecule has 4 rings (SSSR count). The van der Waals surface area contributed by atoms with Crippen LogP contribution in [0.25, 0.3) is 0 Å². The van der Waals surface area contributed by atoms with Gasteiger partial charge in [-0.1, -0.05) is 35.9 Å². The maximum atomic E-state index is 14.6. The van der Waals surface area contributed by atoms with Crippen LogP contribution in [-0.2, 0) is 4.79 Å². The number of nitrogens with zero attached hydrogens (tertiary/aromatic N) is 2. The number of allylic oxidation sites excluding steroid dienone is 3. The number of rotatable bonds is 6. The summed E-state index contributed by atoms with van der Waals surface area (Å²) in [7, 11) is 0. The second-order valence-corrected chi connectivity index (χ2v) is 8.79. The molecular weight excluding hydrogens is 469 g/mol. The third-order valence-electron chi connectivity index (χ3n) is 5.71. The van der Waals surface area contributed by atoms with Crippen molar-refractivity contribution in [3.05, 3.63) is 88.9 Å². The minimum Gasteiger partial charge on any atom is -0.324 e. The van der Waals surface area contributed by atoms with Crippen LogP contribution in [0.4, 0.5) is 14.9 Å². The Balaban J connectivity index is 1.43. The summed E-state index contributed by atoms with van der Waals surface area (Å²) in [4.78, 5) is 25.8. The van der Waals surface area contributed by atoms with E-state index in [1.54, 1.807) is 36.4 Å². The van der Waals surface area contributed by atoms with Crippen LogP contribution in [0.3, 0.4) is 0 Å². The summed E-state index contributed by atoms with van der Waals surface area (Å²) in [6.07, 6.45) is 9.58. The Morgan fingerprint density at radius 3 is 2.40 bits per heavy atom. The molecule has 1 saturated heterocycles. The van der Waals surface area contributed by atoms with Crippen LogP contribution < -0.4 is 16.0 Å². The number of carbonyl (C=O) groups excluding carboxylic acids is 2. The summed E-state index contributed by atoms with van der Waals surface area (Å²) >= 11 is 5.88. The Bertz CT molecular complexity index is 1160. The Labute approximate surface area is 208 Å². The van der Waals surface area contributed by atoms with Gasteiger partial charge in [0.1, 0.15) is 11.9 Å². The van der Waals surface area contributed by atoms with Crippen molar-refractivity contribution in [2.75, 3.05) is 18.4 Å². The lowest BCUT2D eigenvalue weighted by Crippen LogP contribution is -2.42. The van der Waals surface area contributed by atoms with Gasteiger partial charge in [-0.25, -0.2) is 9.18 Å². The summed E-state index contributed by atoms with van der Waals surface area (Å²) in [5.74, 6) is -1.16. The Kier molecular flexibility index (Phi) is 8.15. The maximum Gasteiger partial charge on any atom is 0.320 e. The molecule has 7 nitrogen and oxygen atoms in total. The molecule has 1 unspecified atom stereocenters. The molecule has 182 valence electrons. The van der Waals surface area contributed by atoms with Crippen molar-refractivity contribution in [1.29, 1.82) is 0 Å². The van der Waals surface area contributed by atoms with Crippen molar-refractivity contribution in [2.45, 2.75) is 31.7 Å². The van der Waals surface area contributed by atoms with Gasteiger partial charge in [0.15, 0.2) is 0 Å². The molecule has 1 fully saturated rings. The van der Waals surface area contributed by atoms with E-state index in [9.17, 15) is 14.0 Å². The van der Waals surface area contributed by atoms with Crippen LogP contribution in [0, 0.1) is 5.82 Å². The average Bonchev–Trinajstić information content (AvgIpc) is 2.86. The highest BCUT2D eigenvalue weighted by Gasteiger charge is 2.26. The number of urea groups is 1. The third kappa shape index (κ3) is 6.93. The van der Waals surface area contributed by atoms with Crippen LogP contribution in [-0.4, -0.2) is 35.7 Å². The van der Waals surface area contributed by atoms with E-state index < -0.39 is 23.8 Å². The first-order chi connectivity index (χ1) is 17.0. The summed E-state index contributed by atoms with van der Waals surface area (Å²) in [5, 5.41) is 15.3. The lowest BCUT2D eigenvalue weighted by Gasteiger charge is -2.25. The molecule has 0 spiro atoms. The number of carbonyl (C=O) groups is 2. The largest absolute Gasteiger partial charge is 0.324 e. The molecule has 0 saturated carbocycles. The van der Waals surface area contributed by atoms with Gasteiger partial charge in [-0.15, -0.1) is 0 Å². The average molecular weight is 496 g/mol. The molecule has 0 bridgehead atoms. The van der Waals surface area contributed by atoms with Gasteiger partial charge in [0.2, 0.25) is 0 Å². The number of halogens is 2. The minimum atomic E-state index is -1.25. The molecule has 1 heterocycles. The van der Waals surface area contributed by atoms with Crippen molar-refractivity contribution >= 4 is 34.9 Å². The molecule has 0 radical (unpaired) electrons. The maximum absolute atomic E-state index is 14.6. The first-order valence-electron chi connectivity index (χ1n) is 11.6. The number of hydrazone groups is 1. The Morgan fingerprint density at radius 1 is 0.971 bits per heavy atom. The molecule has 2 aromatic carbocycles. The quantitative estimate of drug-likeness (QED) is 0.518. The monoisotopic (exact) mass is 495 g/mol. The number of hydrogen-bond donors (Lipinski definition) is 3. The highest BCUT2D eigenvalue weighted by Crippen LogP contribution is 2.20. The molecule has 1 aliphatic carbocycles. The number of amides is 3. The summed E-state index contributed by atoms with van der Waals surface area (Å²) in [6, 6.07) is 10.5. The minimum absolute atomic E-state index is 0.0593. The number of benzene rings is 2. The van der Waals surface area contributed by atoms with Crippen LogP contribution in [0.5, 0.6) is 0 Å². The summed E-state index contributed by atoms with van der Waals surface area (Å²) in [6.45, 7) is 1.91. The fraction of sp³-hybridized carbons (Fsp3) is 0.269. The molecular formula is C26H27ClFN5O2. The van der Waals surface area contributed by atoms with Crippen molar-refractivity contribution < 1.29 is 14.0 Å². The van der Waals surface area contributed by atoms with Crippen LogP contribution in [0.2, 0.25) is 5.02 Å². The lowest BCUT2D eigenvalue weighted by atomic mass is 10.0. The van der Waals surface area contributed by atoms with Crippen molar-refractivity contribution in [3.8, 4) is 0 Å². The van der Waals surface area contributed by atoms with E-state index in [4.69, 9.17) is 11.6 Å². The summed E-state index contributed by atoms with van der Waals surface area (Å²) < 4.78 is 14.6. The van der Waals surface area contributed by atoms with Crippen molar-refractivity contribution in [3.63, 3.8) is 0 Å². The number of hydrogen-bond acceptors (Lipinski definition) is 4. The zero-order chi connectivity index (χ0) is 24.6. The zero-order valence-electron chi connectivity index (χ0n) is 19.1.